The van der Waals surface area contributed by atoms with E-state index in [1.165, 1.54) is 36.5 Å². The monoisotopic (exact) mass is 751 g/mol. The zero-order valence-electron chi connectivity index (χ0n) is 29.6. The number of carboxylic acids is 1. The van der Waals surface area contributed by atoms with Crippen LogP contribution in [0.2, 0.25) is 10.0 Å². The van der Waals surface area contributed by atoms with Crippen LogP contribution in [-0.2, 0) is 19.1 Å². The molecule has 12 heteroatoms. The van der Waals surface area contributed by atoms with E-state index in [4.69, 9.17) is 37.4 Å². The molecule has 5 rings (SSSR count). The van der Waals surface area contributed by atoms with E-state index in [0.717, 1.165) is 25.7 Å². The third-order valence-corrected chi connectivity index (χ3v) is 11.5. The van der Waals surface area contributed by atoms with Gasteiger partial charge < -0.3 is 24.4 Å². The Hall–Kier alpha value is -4.41. The van der Waals surface area contributed by atoms with E-state index in [0.29, 0.717) is 24.3 Å². The number of carbonyl (C=O) groups excluding carboxylic acids is 3. The van der Waals surface area contributed by atoms with Gasteiger partial charge in [-0.05, 0) is 73.8 Å². The maximum Gasteiger partial charge on any atom is 0.342 e. The summed E-state index contributed by atoms with van der Waals surface area (Å²) in [6, 6.07) is 13.6. The first-order valence-electron chi connectivity index (χ1n) is 17.4. The summed E-state index contributed by atoms with van der Waals surface area (Å²) in [6.07, 6.45) is 4.15. The second-order valence-electron chi connectivity index (χ2n) is 14.3. The van der Waals surface area contributed by atoms with Crippen LogP contribution < -0.4 is 4.74 Å². The lowest BCUT2D eigenvalue weighted by Gasteiger charge is -2.38. The van der Waals surface area contributed by atoms with Crippen molar-refractivity contribution in [3.63, 3.8) is 0 Å². The standard InChI is InChI=1S/C40H43Cl2NO9/c1-5-6-11-31(27-9-7-8-10-28(27)37(47)48)50-34(44)14-15-35(45)51-32-21-26(43-22-23-18-25(41)20-30(42)36(23)46)12-13-29(32)38(49)52-33-19-24-16-17-40(33,4)39(24,2)3/h7-10,12-13,18,20-22,24,31,33,46H,5-6,11,14-17,19H2,1-4H3,(H,47,48). The van der Waals surface area contributed by atoms with Crippen LogP contribution >= 0.6 is 23.2 Å². The van der Waals surface area contributed by atoms with E-state index in [1.807, 2.05) is 6.92 Å². The van der Waals surface area contributed by atoms with E-state index in [2.05, 4.69) is 25.8 Å². The molecule has 10 nitrogen and oxygen atoms in total. The molecule has 0 radical (unpaired) electrons. The van der Waals surface area contributed by atoms with Crippen molar-refractivity contribution >= 4 is 59.0 Å². The van der Waals surface area contributed by atoms with Gasteiger partial charge in [-0.2, -0.15) is 0 Å². The lowest BCUT2D eigenvalue weighted by atomic mass is 9.70. The molecule has 2 aliphatic carbocycles. The fourth-order valence-corrected chi connectivity index (χ4v) is 7.92. The molecular weight excluding hydrogens is 709 g/mol. The summed E-state index contributed by atoms with van der Waals surface area (Å²) in [5, 5.41) is 20.4. The Morgan fingerprint density at radius 1 is 1.00 bits per heavy atom. The van der Waals surface area contributed by atoms with Crippen molar-refractivity contribution in [1.82, 2.24) is 0 Å². The van der Waals surface area contributed by atoms with Crippen LogP contribution in [0.25, 0.3) is 0 Å². The Kier molecular flexibility index (Phi) is 12.0. The maximum absolute atomic E-state index is 13.7. The molecule has 52 heavy (non-hydrogen) atoms. The highest BCUT2D eigenvalue weighted by Gasteiger charge is 2.63. The van der Waals surface area contributed by atoms with Crippen molar-refractivity contribution in [3.05, 3.63) is 86.9 Å². The molecule has 3 aromatic rings. The zero-order valence-corrected chi connectivity index (χ0v) is 31.1. The molecule has 2 N–H and O–H groups in total. The fourth-order valence-electron chi connectivity index (χ4n) is 7.41. The number of fused-ring (bicyclic) bond motifs is 2. The molecule has 3 aromatic carbocycles. The number of halogens is 2. The van der Waals surface area contributed by atoms with E-state index in [-0.39, 0.29) is 73.7 Å². The molecule has 2 aliphatic rings. The number of hydrogen-bond donors (Lipinski definition) is 2. The number of benzene rings is 3. The van der Waals surface area contributed by atoms with Crippen LogP contribution in [0.4, 0.5) is 5.69 Å². The van der Waals surface area contributed by atoms with Gasteiger partial charge in [0, 0.05) is 33.8 Å². The first-order chi connectivity index (χ1) is 24.6. The summed E-state index contributed by atoms with van der Waals surface area (Å²) in [4.78, 5) is 56.1. The summed E-state index contributed by atoms with van der Waals surface area (Å²) < 4.78 is 17.5. The summed E-state index contributed by atoms with van der Waals surface area (Å²) in [6.45, 7) is 8.55. The second kappa shape index (κ2) is 16.1. The van der Waals surface area contributed by atoms with Gasteiger partial charge in [-0.3, -0.25) is 14.6 Å². The number of carboxylic acid groups (broad SMARTS) is 1. The Morgan fingerprint density at radius 2 is 1.73 bits per heavy atom. The van der Waals surface area contributed by atoms with Gasteiger partial charge in [0.1, 0.15) is 29.3 Å². The van der Waals surface area contributed by atoms with Gasteiger partial charge >= 0.3 is 23.9 Å². The molecule has 4 atom stereocenters. The molecule has 0 aliphatic heterocycles. The molecule has 0 amide bonds. The fraction of sp³-hybridized carbons (Fsp3) is 0.425. The van der Waals surface area contributed by atoms with E-state index in [9.17, 15) is 29.4 Å². The van der Waals surface area contributed by atoms with Crippen molar-refractivity contribution in [3.8, 4) is 11.5 Å². The number of unbranched alkanes of at least 4 members (excludes halogenated alkanes) is 1. The highest BCUT2D eigenvalue weighted by atomic mass is 35.5. The van der Waals surface area contributed by atoms with Gasteiger partial charge in [-0.25, -0.2) is 9.59 Å². The number of rotatable bonds is 14. The normalized spacial score (nSPS) is 20.8. The lowest BCUT2D eigenvalue weighted by molar-refractivity contribution is -0.152. The minimum atomic E-state index is -1.14. The highest BCUT2D eigenvalue weighted by Crippen LogP contribution is 2.66. The predicted octanol–water partition coefficient (Wildman–Crippen LogP) is 9.68. The van der Waals surface area contributed by atoms with E-state index in [1.54, 1.807) is 24.3 Å². The highest BCUT2D eigenvalue weighted by molar-refractivity contribution is 6.36. The van der Waals surface area contributed by atoms with Crippen LogP contribution in [0, 0.1) is 16.7 Å². The largest absolute Gasteiger partial charge is 0.506 e. The molecule has 2 bridgehead atoms. The molecular formula is C40H43Cl2NO9. The quantitative estimate of drug-likeness (QED) is 0.0933. The number of carbonyl (C=O) groups is 4. The van der Waals surface area contributed by atoms with Crippen LogP contribution in [0.1, 0.15) is 117 Å². The Balaban J connectivity index is 1.34. The number of phenolic OH excluding ortho intramolecular Hbond substituents is 1. The topological polar surface area (TPSA) is 149 Å². The molecule has 0 saturated heterocycles. The zero-order chi connectivity index (χ0) is 37.8. The summed E-state index contributed by atoms with van der Waals surface area (Å²) in [7, 11) is 0. The van der Waals surface area contributed by atoms with Gasteiger partial charge in [0.05, 0.1) is 29.1 Å². The second-order valence-corrected chi connectivity index (χ2v) is 15.1. The van der Waals surface area contributed by atoms with Crippen LogP contribution in [0.3, 0.4) is 0 Å². The Bertz CT molecular complexity index is 1890. The third-order valence-electron chi connectivity index (χ3n) is 10.9. The molecule has 0 aromatic heterocycles. The van der Waals surface area contributed by atoms with Crippen molar-refractivity contribution in [2.24, 2.45) is 21.7 Å². The van der Waals surface area contributed by atoms with Crippen molar-refractivity contribution in [2.45, 2.75) is 91.3 Å². The Morgan fingerprint density at radius 3 is 2.40 bits per heavy atom. The number of hydrogen-bond acceptors (Lipinski definition) is 9. The number of aliphatic imine (C=N–C) groups is 1. The van der Waals surface area contributed by atoms with Gasteiger partial charge in [-0.15, -0.1) is 0 Å². The Labute approximate surface area is 313 Å². The van der Waals surface area contributed by atoms with Gasteiger partial charge in [-0.1, -0.05) is 75.5 Å². The third kappa shape index (κ3) is 8.29. The molecule has 4 unspecified atom stereocenters. The molecule has 0 heterocycles. The number of nitrogens with zero attached hydrogens (tertiary/aromatic N) is 1. The van der Waals surface area contributed by atoms with Gasteiger partial charge in [0.25, 0.3) is 0 Å². The first kappa shape index (κ1) is 38.8. The van der Waals surface area contributed by atoms with E-state index >= 15 is 0 Å². The predicted molar refractivity (Wildman–Crippen MR) is 197 cm³/mol. The van der Waals surface area contributed by atoms with E-state index < -0.39 is 30.0 Å². The molecule has 276 valence electrons. The molecule has 0 spiro atoms. The summed E-state index contributed by atoms with van der Waals surface area (Å²) >= 11 is 12.1. The number of ether oxygens (including phenoxy) is 3. The van der Waals surface area contributed by atoms with Crippen LogP contribution in [0.5, 0.6) is 11.5 Å². The molecule has 2 saturated carbocycles. The van der Waals surface area contributed by atoms with Crippen LogP contribution in [-0.4, -0.2) is 46.4 Å². The average Bonchev–Trinajstić information content (AvgIpc) is 3.44. The smallest absolute Gasteiger partial charge is 0.342 e. The number of esters is 3. The SMILES string of the molecule is CCCCC(OC(=O)CCC(=O)Oc1cc(N=Cc2cc(Cl)cc(Cl)c2O)ccc1C(=O)OC1CC2CCC1(C)C2(C)C)c1ccccc1C(=O)O. The summed E-state index contributed by atoms with van der Waals surface area (Å²) in [5.74, 6) is -3.21. The number of phenols is 1. The minimum Gasteiger partial charge on any atom is -0.506 e. The lowest BCUT2D eigenvalue weighted by Crippen LogP contribution is -2.38. The molecule has 2 fully saturated rings. The van der Waals surface area contributed by atoms with Crippen molar-refractivity contribution in [2.75, 3.05) is 0 Å². The minimum absolute atomic E-state index is 0.000461. The van der Waals surface area contributed by atoms with Crippen LogP contribution in [0.15, 0.2) is 59.6 Å². The number of aromatic hydroxyl groups is 1. The summed E-state index contributed by atoms with van der Waals surface area (Å²) in [5.41, 5.74) is 0.745. The number of aromatic carboxylic acids is 1. The van der Waals surface area contributed by atoms with Crippen molar-refractivity contribution in [1.29, 1.82) is 0 Å². The first-order valence-corrected chi connectivity index (χ1v) is 18.2. The van der Waals surface area contributed by atoms with Gasteiger partial charge in [0.15, 0.2) is 0 Å². The maximum atomic E-state index is 13.7. The van der Waals surface area contributed by atoms with Crippen molar-refractivity contribution < 1.29 is 43.6 Å². The van der Waals surface area contributed by atoms with Gasteiger partial charge in [0.2, 0.25) is 0 Å². The average molecular weight is 753 g/mol.